The van der Waals surface area contributed by atoms with Crippen molar-refractivity contribution in [2.24, 2.45) is 0 Å². The summed E-state index contributed by atoms with van der Waals surface area (Å²) in [5.41, 5.74) is 0.370. The Hall–Kier alpha value is -1.89. The third-order valence-electron chi connectivity index (χ3n) is 7.52. The number of nitrogens with one attached hydrogen (secondary N) is 1. The summed E-state index contributed by atoms with van der Waals surface area (Å²) in [5, 5.41) is 14.2. The molecule has 0 radical (unpaired) electrons. The molecule has 6 aliphatic rings. The number of aromatic nitrogens is 4. The Morgan fingerprint density at radius 1 is 1.14 bits per heavy atom. The van der Waals surface area contributed by atoms with Gasteiger partial charge in [-0.15, -0.1) is 0 Å². The zero-order chi connectivity index (χ0) is 19.5. The minimum absolute atomic E-state index is 0.0250. The van der Waals surface area contributed by atoms with Crippen molar-refractivity contribution in [3.63, 3.8) is 0 Å². The van der Waals surface area contributed by atoms with Crippen LogP contribution in [-0.4, -0.2) is 35.9 Å². The second-order valence-corrected chi connectivity index (χ2v) is 9.20. The fourth-order valence-electron chi connectivity index (χ4n) is 5.51. The molecule has 28 heavy (non-hydrogen) atoms. The fourth-order valence-corrected chi connectivity index (χ4v) is 5.51. The Morgan fingerprint density at radius 3 is 2.50 bits per heavy atom. The van der Waals surface area contributed by atoms with Gasteiger partial charge in [0.15, 0.2) is 5.82 Å². The van der Waals surface area contributed by atoms with Gasteiger partial charge in [0, 0.05) is 24.5 Å². The number of hydrogen-bond acceptors (Lipinski definition) is 5. The smallest absolute Gasteiger partial charge is 0.331 e. The predicted molar refractivity (Wildman–Crippen MR) is 108 cm³/mol. The van der Waals surface area contributed by atoms with Crippen LogP contribution in [0, 0.1) is 0 Å². The van der Waals surface area contributed by atoms with E-state index >= 15 is 0 Å². The standard InChI is InChI=1S/C21H31N5O2/c1-3-12-25-17-15(16-22-14(4-2)5-13-26(16)19(25)27)23-18(24-17)20-6-9-21(28,10-7-20)11-8-20/h14,22,28H,3-13H2,1-2H3/t14-,20?,21?/m1/s1. The highest BCUT2D eigenvalue weighted by Crippen LogP contribution is 2.53. The van der Waals surface area contributed by atoms with Crippen LogP contribution in [-0.2, 0) is 18.5 Å². The number of hydrogen-bond donors (Lipinski definition) is 2. The molecule has 0 aromatic carbocycles. The third-order valence-corrected chi connectivity index (χ3v) is 7.52. The monoisotopic (exact) mass is 385 g/mol. The van der Waals surface area contributed by atoms with Gasteiger partial charge < -0.3 is 10.4 Å². The first-order valence-corrected chi connectivity index (χ1v) is 11.0. The molecule has 3 saturated carbocycles. The Kier molecular flexibility index (Phi) is 4.09. The van der Waals surface area contributed by atoms with Crippen molar-refractivity contribution in [1.29, 1.82) is 0 Å². The van der Waals surface area contributed by atoms with Gasteiger partial charge in [-0.05, 0) is 57.8 Å². The molecule has 0 saturated heterocycles. The zero-order valence-electron chi connectivity index (χ0n) is 17.0. The Labute approximate surface area is 165 Å². The van der Waals surface area contributed by atoms with Crippen molar-refractivity contribution < 1.29 is 5.11 Å². The van der Waals surface area contributed by atoms with Crippen molar-refractivity contribution in [3.05, 3.63) is 16.3 Å². The van der Waals surface area contributed by atoms with Gasteiger partial charge in [-0.2, -0.15) is 0 Å². The number of imidazole rings is 1. The van der Waals surface area contributed by atoms with E-state index in [4.69, 9.17) is 9.97 Å². The van der Waals surface area contributed by atoms with E-state index in [1.807, 2.05) is 9.13 Å². The number of nitrogens with zero attached hydrogens (tertiary/aromatic N) is 4. The lowest BCUT2D eigenvalue weighted by molar-refractivity contribution is -0.0677. The highest BCUT2D eigenvalue weighted by atomic mass is 16.3. The van der Waals surface area contributed by atoms with Gasteiger partial charge in [-0.3, -0.25) is 9.13 Å². The maximum absolute atomic E-state index is 13.2. The molecule has 3 aliphatic carbocycles. The van der Waals surface area contributed by atoms with Crippen LogP contribution in [0.25, 0.3) is 11.5 Å². The fraction of sp³-hybridized carbons (Fsp3) is 0.762. The zero-order valence-corrected chi connectivity index (χ0v) is 17.0. The molecule has 0 unspecified atom stereocenters. The summed E-state index contributed by atoms with van der Waals surface area (Å²) in [5.74, 6) is 2.48. The molecule has 1 atom stereocenters. The molecule has 6 rings (SSSR count). The third kappa shape index (κ3) is 2.55. The normalized spacial score (nSPS) is 31.8. The topological polar surface area (TPSA) is 85.0 Å². The Balaban J connectivity index is 1.67. The van der Waals surface area contributed by atoms with Crippen molar-refractivity contribution in [3.8, 4) is 11.5 Å². The summed E-state index contributed by atoms with van der Waals surface area (Å²) < 4.78 is 3.68. The molecule has 7 heteroatoms. The van der Waals surface area contributed by atoms with E-state index in [9.17, 15) is 9.90 Å². The van der Waals surface area contributed by atoms with E-state index in [1.54, 1.807) is 0 Å². The molecule has 3 fully saturated rings. The van der Waals surface area contributed by atoms with Gasteiger partial charge in [-0.1, -0.05) is 13.8 Å². The molecule has 152 valence electrons. The highest BCUT2D eigenvalue weighted by Gasteiger charge is 2.51. The van der Waals surface area contributed by atoms with E-state index in [1.165, 1.54) is 0 Å². The molecule has 0 spiro atoms. The lowest BCUT2D eigenvalue weighted by Crippen LogP contribution is -2.48. The predicted octanol–water partition coefficient (Wildman–Crippen LogP) is 2.89. The maximum atomic E-state index is 13.2. The van der Waals surface area contributed by atoms with E-state index in [2.05, 4.69) is 19.2 Å². The van der Waals surface area contributed by atoms with E-state index in [-0.39, 0.29) is 11.1 Å². The molecule has 3 heterocycles. The molecule has 3 aliphatic heterocycles. The number of rotatable bonds is 4. The average molecular weight is 386 g/mol. The molecule has 0 amide bonds. The van der Waals surface area contributed by atoms with Crippen LogP contribution < -0.4 is 11.0 Å². The van der Waals surface area contributed by atoms with Crippen molar-refractivity contribution in [2.75, 3.05) is 5.32 Å². The first-order valence-electron chi connectivity index (χ1n) is 11.0. The lowest BCUT2D eigenvalue weighted by atomic mass is 9.58. The van der Waals surface area contributed by atoms with Crippen molar-refractivity contribution in [1.82, 2.24) is 19.1 Å². The first kappa shape index (κ1) is 18.2. The molecular weight excluding hydrogens is 354 g/mol. The summed E-state index contributed by atoms with van der Waals surface area (Å²) in [6.07, 6.45) is 8.22. The van der Waals surface area contributed by atoms with Gasteiger partial charge >= 0.3 is 5.69 Å². The molecule has 0 aromatic heterocycles. The van der Waals surface area contributed by atoms with Gasteiger partial charge in [0.2, 0.25) is 0 Å². The maximum Gasteiger partial charge on any atom is 0.331 e. The molecule has 2 bridgehead atoms. The van der Waals surface area contributed by atoms with Crippen LogP contribution in [0.5, 0.6) is 0 Å². The van der Waals surface area contributed by atoms with Gasteiger partial charge in [-0.25, -0.2) is 14.8 Å². The summed E-state index contributed by atoms with van der Waals surface area (Å²) >= 11 is 0. The summed E-state index contributed by atoms with van der Waals surface area (Å²) in [4.78, 5) is 23.2. The second kappa shape index (κ2) is 6.31. The van der Waals surface area contributed by atoms with Crippen LogP contribution in [0.15, 0.2) is 4.79 Å². The van der Waals surface area contributed by atoms with E-state index < -0.39 is 5.60 Å². The van der Waals surface area contributed by atoms with Crippen LogP contribution in [0.4, 0.5) is 5.82 Å². The second-order valence-electron chi connectivity index (χ2n) is 9.20. The minimum atomic E-state index is -0.469. The van der Waals surface area contributed by atoms with E-state index in [0.717, 1.165) is 87.5 Å². The SMILES string of the molecule is CCCn1c2nc(C34CCC(O)(CC3)CC4)nc-2c2n(c1=O)CC[C@@H](CC)N2. The summed E-state index contributed by atoms with van der Waals surface area (Å²) in [6, 6.07) is 0.377. The van der Waals surface area contributed by atoms with Crippen LogP contribution in [0.3, 0.4) is 0 Å². The molecular formula is C21H31N5O2. The van der Waals surface area contributed by atoms with Crippen LogP contribution in [0.2, 0.25) is 0 Å². The summed E-state index contributed by atoms with van der Waals surface area (Å²) in [7, 11) is 0. The Bertz CT molecular complexity index is 905. The molecule has 0 aromatic rings. The summed E-state index contributed by atoms with van der Waals surface area (Å²) in [6.45, 7) is 5.67. The molecule has 2 N–H and O–H groups in total. The number of fused-ring (bicyclic) bond motifs is 6. The van der Waals surface area contributed by atoms with Crippen LogP contribution in [0.1, 0.15) is 77.5 Å². The first-order chi connectivity index (χ1) is 13.5. The van der Waals surface area contributed by atoms with Gasteiger partial charge in [0.05, 0.1) is 5.60 Å². The largest absolute Gasteiger partial charge is 0.390 e. The van der Waals surface area contributed by atoms with Gasteiger partial charge in [0.1, 0.15) is 17.3 Å². The lowest BCUT2D eigenvalue weighted by Gasteiger charge is -2.49. The molecule has 7 nitrogen and oxygen atoms in total. The van der Waals surface area contributed by atoms with E-state index in [0.29, 0.717) is 12.6 Å². The van der Waals surface area contributed by atoms with Crippen molar-refractivity contribution >= 4 is 5.82 Å². The van der Waals surface area contributed by atoms with Crippen molar-refractivity contribution in [2.45, 2.75) is 102 Å². The van der Waals surface area contributed by atoms with Crippen LogP contribution >= 0.6 is 0 Å². The average Bonchev–Trinajstić information content (AvgIpc) is 3.18. The number of aliphatic hydroxyl groups is 1. The minimum Gasteiger partial charge on any atom is -0.390 e. The Morgan fingerprint density at radius 2 is 1.86 bits per heavy atom. The van der Waals surface area contributed by atoms with Gasteiger partial charge in [0.25, 0.3) is 0 Å². The quantitative estimate of drug-likeness (QED) is 0.845. The number of anilines is 1. The highest BCUT2D eigenvalue weighted by molar-refractivity contribution is 5.69.